The highest BCUT2D eigenvalue weighted by Gasteiger charge is 2.18. The smallest absolute Gasteiger partial charge is 0.341 e. The number of carbonyl (C=O) groups is 2. The zero-order valence-corrected chi connectivity index (χ0v) is 19.4. The number of likely N-dealkylation sites (N-methyl/N-ethyl adjacent to an activating group) is 1. The Morgan fingerprint density at radius 1 is 1.27 bits per heavy atom. The molecule has 2 aromatic heterocycles. The summed E-state index contributed by atoms with van der Waals surface area (Å²) in [7, 11) is 1.94. The fraction of sp³-hybridized carbons (Fsp3) is 0.250. The van der Waals surface area contributed by atoms with Crippen molar-refractivity contribution >= 4 is 45.5 Å². The Balaban J connectivity index is 1.68. The summed E-state index contributed by atoms with van der Waals surface area (Å²) >= 11 is 1.36. The third-order valence-corrected chi connectivity index (χ3v) is 5.88. The second-order valence-corrected chi connectivity index (χ2v) is 8.02. The first-order valence-electron chi connectivity index (χ1n) is 10.4. The van der Waals surface area contributed by atoms with Crippen LogP contribution in [0, 0.1) is 0 Å². The standard InChI is InChI=1S/C24H26N4O4S/c1-3-31-24(30)19-13-26-23(25)21-18(15-33-22(19)21)14-32-20(27-16-29)10-12-28(2)11-9-17-7-5-4-6-8-17/h4-8,10,12-13,15-16H,3,9,11,14H2,1-2H3,(H2,25,26)/b12-10-,27-20+. The molecule has 1 aromatic carbocycles. The number of anilines is 1. The maximum absolute atomic E-state index is 12.2. The van der Waals surface area contributed by atoms with E-state index in [-0.39, 0.29) is 19.1 Å². The molecule has 0 aliphatic carbocycles. The average molecular weight is 467 g/mol. The molecule has 0 unspecified atom stereocenters. The van der Waals surface area contributed by atoms with E-state index >= 15 is 0 Å². The molecule has 0 bridgehead atoms. The summed E-state index contributed by atoms with van der Waals surface area (Å²) < 4.78 is 11.5. The zero-order valence-electron chi connectivity index (χ0n) is 18.6. The van der Waals surface area contributed by atoms with E-state index in [1.807, 2.05) is 41.7 Å². The Morgan fingerprint density at radius 3 is 2.79 bits per heavy atom. The van der Waals surface area contributed by atoms with Crippen LogP contribution in [0.2, 0.25) is 0 Å². The zero-order chi connectivity index (χ0) is 23.6. The molecule has 1 amide bonds. The number of ether oxygens (including phenoxy) is 2. The number of thiophene rings is 1. The van der Waals surface area contributed by atoms with Crippen LogP contribution in [0.1, 0.15) is 28.4 Å². The predicted octanol–water partition coefficient (Wildman–Crippen LogP) is 3.81. The molecule has 33 heavy (non-hydrogen) atoms. The molecule has 0 aliphatic heterocycles. The van der Waals surface area contributed by atoms with Gasteiger partial charge < -0.3 is 20.1 Å². The first-order valence-corrected chi connectivity index (χ1v) is 11.3. The Hall–Kier alpha value is -3.72. The van der Waals surface area contributed by atoms with Gasteiger partial charge >= 0.3 is 5.97 Å². The molecule has 3 aromatic rings. The van der Waals surface area contributed by atoms with E-state index in [0.29, 0.717) is 27.9 Å². The van der Waals surface area contributed by atoms with Crippen molar-refractivity contribution in [1.29, 1.82) is 0 Å². The Kier molecular flexibility index (Phi) is 8.54. The van der Waals surface area contributed by atoms with Crippen LogP contribution in [0.3, 0.4) is 0 Å². The Bertz CT molecular complexity index is 1160. The lowest BCUT2D eigenvalue weighted by atomic mass is 10.1. The van der Waals surface area contributed by atoms with E-state index in [1.165, 1.54) is 23.1 Å². The third kappa shape index (κ3) is 6.39. The number of esters is 1. The van der Waals surface area contributed by atoms with Crippen molar-refractivity contribution in [2.24, 2.45) is 4.99 Å². The third-order valence-electron chi connectivity index (χ3n) is 4.82. The number of nitrogen functional groups attached to an aromatic ring is 1. The molecule has 172 valence electrons. The van der Waals surface area contributed by atoms with Crippen molar-refractivity contribution in [3.05, 3.63) is 70.9 Å². The van der Waals surface area contributed by atoms with E-state index in [0.717, 1.165) is 18.5 Å². The molecule has 0 aliphatic rings. The number of carbonyl (C=O) groups excluding carboxylic acids is 2. The van der Waals surface area contributed by atoms with E-state index in [2.05, 4.69) is 22.1 Å². The molecule has 0 fully saturated rings. The molecular weight excluding hydrogens is 440 g/mol. The number of aromatic nitrogens is 1. The van der Waals surface area contributed by atoms with Gasteiger partial charge in [0, 0.05) is 43.0 Å². The van der Waals surface area contributed by atoms with Crippen LogP contribution < -0.4 is 5.73 Å². The molecule has 0 saturated heterocycles. The summed E-state index contributed by atoms with van der Waals surface area (Å²) in [5.41, 5.74) is 8.42. The number of pyridine rings is 1. The number of benzene rings is 1. The van der Waals surface area contributed by atoms with Gasteiger partial charge in [0.1, 0.15) is 12.4 Å². The van der Waals surface area contributed by atoms with Crippen LogP contribution in [0.25, 0.3) is 10.1 Å². The van der Waals surface area contributed by atoms with Crippen molar-refractivity contribution in [2.45, 2.75) is 20.0 Å². The summed E-state index contributed by atoms with van der Waals surface area (Å²) in [6.45, 7) is 2.92. The van der Waals surface area contributed by atoms with Crippen molar-refractivity contribution in [3.63, 3.8) is 0 Å². The number of fused-ring (bicyclic) bond motifs is 1. The van der Waals surface area contributed by atoms with Gasteiger partial charge in [0.15, 0.2) is 0 Å². The van der Waals surface area contributed by atoms with Crippen LogP contribution >= 0.6 is 11.3 Å². The maximum Gasteiger partial charge on any atom is 0.341 e. The van der Waals surface area contributed by atoms with Crippen LogP contribution in [-0.4, -0.2) is 48.4 Å². The maximum atomic E-state index is 12.2. The van der Waals surface area contributed by atoms with Gasteiger partial charge in [0.25, 0.3) is 0 Å². The largest absolute Gasteiger partial charge is 0.473 e. The average Bonchev–Trinajstić information content (AvgIpc) is 3.25. The summed E-state index contributed by atoms with van der Waals surface area (Å²) in [6, 6.07) is 10.2. The predicted molar refractivity (Wildman–Crippen MR) is 130 cm³/mol. The summed E-state index contributed by atoms with van der Waals surface area (Å²) in [6.07, 6.45) is 6.19. The highest BCUT2D eigenvalue weighted by Crippen LogP contribution is 2.33. The van der Waals surface area contributed by atoms with Crippen molar-refractivity contribution in [2.75, 3.05) is 25.9 Å². The fourth-order valence-electron chi connectivity index (χ4n) is 3.14. The SMILES string of the molecule is CCOC(=O)c1cnc(N)c2c(COC(/C=C\N(C)CCc3ccccc3)=N/C=O)csc12. The molecule has 2 heterocycles. The van der Waals surface area contributed by atoms with E-state index < -0.39 is 5.97 Å². The van der Waals surface area contributed by atoms with Crippen LogP contribution in [0.5, 0.6) is 0 Å². The molecule has 2 N–H and O–H groups in total. The molecule has 9 heteroatoms. The second-order valence-electron chi connectivity index (χ2n) is 7.14. The molecule has 0 spiro atoms. The minimum atomic E-state index is -0.450. The molecule has 0 saturated carbocycles. The van der Waals surface area contributed by atoms with Crippen LogP contribution in [0.4, 0.5) is 5.82 Å². The lowest BCUT2D eigenvalue weighted by Crippen LogP contribution is -2.15. The van der Waals surface area contributed by atoms with Gasteiger partial charge in [-0.1, -0.05) is 30.3 Å². The first-order chi connectivity index (χ1) is 16.0. The highest BCUT2D eigenvalue weighted by atomic mass is 32.1. The molecular formula is C24H26N4O4S. The summed E-state index contributed by atoms with van der Waals surface area (Å²) in [5, 5.41) is 2.49. The number of amides is 1. The highest BCUT2D eigenvalue weighted by molar-refractivity contribution is 7.17. The fourth-order valence-corrected chi connectivity index (χ4v) is 4.20. The number of rotatable bonds is 10. The van der Waals surface area contributed by atoms with Gasteiger partial charge in [0.2, 0.25) is 12.3 Å². The minimum Gasteiger partial charge on any atom is -0.473 e. The molecule has 0 radical (unpaired) electrons. The van der Waals surface area contributed by atoms with Crippen molar-refractivity contribution < 1.29 is 19.1 Å². The summed E-state index contributed by atoms with van der Waals surface area (Å²) in [4.78, 5) is 33.1. The second kappa shape index (κ2) is 11.8. The Labute approximate surface area is 196 Å². The summed E-state index contributed by atoms with van der Waals surface area (Å²) in [5.74, 6) is 0.0148. The van der Waals surface area contributed by atoms with Gasteiger partial charge in [-0.05, 0) is 24.3 Å². The van der Waals surface area contributed by atoms with Crippen LogP contribution in [0.15, 0.2) is 59.2 Å². The van der Waals surface area contributed by atoms with Gasteiger partial charge in [-0.15, -0.1) is 11.3 Å². The molecule has 0 atom stereocenters. The quantitative estimate of drug-likeness (QED) is 0.209. The number of nitrogens with two attached hydrogens (primary N) is 1. The van der Waals surface area contributed by atoms with Gasteiger partial charge in [-0.2, -0.15) is 4.99 Å². The van der Waals surface area contributed by atoms with Crippen molar-refractivity contribution in [1.82, 2.24) is 9.88 Å². The number of hydrogen-bond acceptors (Lipinski definition) is 8. The topological polar surface area (TPSA) is 107 Å². The van der Waals surface area contributed by atoms with Gasteiger partial charge in [-0.3, -0.25) is 4.79 Å². The van der Waals surface area contributed by atoms with Gasteiger partial charge in [0.05, 0.1) is 16.9 Å². The van der Waals surface area contributed by atoms with Crippen molar-refractivity contribution in [3.8, 4) is 0 Å². The molecule has 3 rings (SSSR count). The van der Waals surface area contributed by atoms with Gasteiger partial charge in [-0.25, -0.2) is 9.78 Å². The minimum absolute atomic E-state index is 0.114. The molecule has 8 nitrogen and oxygen atoms in total. The normalized spacial score (nSPS) is 11.6. The number of nitrogens with zero attached hydrogens (tertiary/aromatic N) is 3. The number of hydrogen-bond donors (Lipinski definition) is 1. The lowest BCUT2D eigenvalue weighted by molar-refractivity contribution is -0.106. The van der Waals surface area contributed by atoms with E-state index in [9.17, 15) is 9.59 Å². The van der Waals surface area contributed by atoms with Crippen LogP contribution in [-0.2, 0) is 27.3 Å². The van der Waals surface area contributed by atoms with E-state index in [1.54, 1.807) is 13.0 Å². The Morgan fingerprint density at radius 2 is 2.06 bits per heavy atom. The first kappa shape index (κ1) is 23.9. The number of aliphatic imine (C=N–C) groups is 1. The monoisotopic (exact) mass is 466 g/mol. The van der Waals surface area contributed by atoms with E-state index in [4.69, 9.17) is 15.2 Å². The lowest BCUT2D eigenvalue weighted by Gasteiger charge is -2.14.